The molecule has 0 aromatic heterocycles. The average Bonchev–Trinajstić information content (AvgIpc) is 2.63. The third-order valence-electron chi connectivity index (χ3n) is 4.64. The predicted molar refractivity (Wildman–Crippen MR) is 115 cm³/mol. The number of nitrogens with zero attached hydrogens (tertiary/aromatic N) is 2. The van der Waals surface area contributed by atoms with Crippen molar-refractivity contribution in [1.82, 2.24) is 9.80 Å². The molecule has 3 rings (SSSR count). The van der Waals surface area contributed by atoms with Gasteiger partial charge in [0.25, 0.3) is 0 Å². The Morgan fingerprint density at radius 3 is 2.31 bits per heavy atom. The highest BCUT2D eigenvalue weighted by Crippen LogP contribution is 2.26. The third kappa shape index (κ3) is 6.14. The van der Waals surface area contributed by atoms with Gasteiger partial charge in [0.1, 0.15) is 12.4 Å². The van der Waals surface area contributed by atoms with Crippen LogP contribution in [-0.2, 0) is 13.2 Å². The van der Waals surface area contributed by atoms with Crippen molar-refractivity contribution >= 4 is 39.9 Å². The Morgan fingerprint density at radius 1 is 1.00 bits per heavy atom. The number of ether oxygens (including phenoxy) is 1. The Morgan fingerprint density at radius 2 is 1.65 bits per heavy atom. The zero-order valence-corrected chi connectivity index (χ0v) is 18.1. The van der Waals surface area contributed by atoms with Gasteiger partial charge in [-0.1, -0.05) is 46.6 Å². The van der Waals surface area contributed by atoms with Crippen LogP contribution in [-0.4, -0.2) is 42.5 Å². The SMILES string of the molecule is CCN1CCN(Cc2cc(Br)ccc2OCc2ccc(Cl)cc2)CC1.Cl. The maximum atomic E-state index is 6.10. The number of rotatable bonds is 6. The third-order valence-corrected chi connectivity index (χ3v) is 5.38. The van der Waals surface area contributed by atoms with Gasteiger partial charge in [0, 0.05) is 47.8 Å². The maximum absolute atomic E-state index is 6.10. The second-order valence-corrected chi connectivity index (χ2v) is 7.73. The molecule has 0 radical (unpaired) electrons. The summed E-state index contributed by atoms with van der Waals surface area (Å²) in [7, 11) is 0. The molecule has 1 heterocycles. The first-order valence-corrected chi connectivity index (χ1v) is 9.91. The first-order valence-electron chi connectivity index (χ1n) is 8.74. The van der Waals surface area contributed by atoms with E-state index in [0.29, 0.717) is 6.61 Å². The van der Waals surface area contributed by atoms with Crippen molar-refractivity contribution in [3.05, 3.63) is 63.1 Å². The predicted octanol–water partition coefficient (Wildman–Crippen LogP) is 5.24. The summed E-state index contributed by atoms with van der Waals surface area (Å²) >= 11 is 9.53. The molecule has 1 fully saturated rings. The van der Waals surface area contributed by atoms with Crippen LogP contribution in [0, 0.1) is 0 Å². The lowest BCUT2D eigenvalue weighted by molar-refractivity contribution is 0.130. The largest absolute Gasteiger partial charge is 0.489 e. The molecule has 2 aromatic rings. The van der Waals surface area contributed by atoms with Crippen molar-refractivity contribution in [2.75, 3.05) is 32.7 Å². The molecule has 1 saturated heterocycles. The van der Waals surface area contributed by atoms with E-state index in [-0.39, 0.29) is 12.4 Å². The van der Waals surface area contributed by atoms with Crippen LogP contribution in [0.3, 0.4) is 0 Å². The van der Waals surface area contributed by atoms with Crippen LogP contribution in [0.4, 0.5) is 0 Å². The average molecular weight is 460 g/mol. The molecule has 0 spiro atoms. The van der Waals surface area contributed by atoms with Gasteiger partial charge in [0.05, 0.1) is 0 Å². The molecule has 6 heteroatoms. The molecule has 0 atom stereocenters. The quantitative estimate of drug-likeness (QED) is 0.587. The van der Waals surface area contributed by atoms with E-state index >= 15 is 0 Å². The van der Waals surface area contributed by atoms with Gasteiger partial charge in [-0.15, -0.1) is 12.4 Å². The van der Waals surface area contributed by atoms with E-state index in [1.807, 2.05) is 30.3 Å². The highest BCUT2D eigenvalue weighted by molar-refractivity contribution is 9.10. The van der Waals surface area contributed by atoms with E-state index in [9.17, 15) is 0 Å². The topological polar surface area (TPSA) is 15.7 Å². The van der Waals surface area contributed by atoms with E-state index in [1.165, 1.54) is 5.56 Å². The molecule has 3 nitrogen and oxygen atoms in total. The molecule has 0 unspecified atom stereocenters. The van der Waals surface area contributed by atoms with Gasteiger partial charge in [-0.2, -0.15) is 0 Å². The van der Waals surface area contributed by atoms with Gasteiger partial charge < -0.3 is 9.64 Å². The second kappa shape index (κ2) is 10.5. The summed E-state index contributed by atoms with van der Waals surface area (Å²) in [5, 5.41) is 0.749. The van der Waals surface area contributed by atoms with E-state index in [4.69, 9.17) is 16.3 Å². The summed E-state index contributed by atoms with van der Waals surface area (Å²) in [6.45, 7) is 9.35. The molecule has 0 N–H and O–H groups in total. The Kier molecular flexibility index (Phi) is 8.71. The standard InChI is InChI=1S/C20H24BrClN2O.ClH/c1-2-23-9-11-24(12-10-23)14-17-13-18(21)5-8-20(17)25-15-16-3-6-19(22)7-4-16;/h3-8,13H,2,9-12,14-15H2,1H3;1H. The normalized spacial score (nSPS) is 15.5. The Hall–Kier alpha value is -0.780. The van der Waals surface area contributed by atoms with Gasteiger partial charge in [-0.05, 0) is 42.4 Å². The van der Waals surface area contributed by atoms with E-state index in [2.05, 4.69) is 44.8 Å². The van der Waals surface area contributed by atoms with Crippen molar-refractivity contribution in [2.24, 2.45) is 0 Å². The van der Waals surface area contributed by atoms with Crippen LogP contribution >= 0.6 is 39.9 Å². The molecule has 26 heavy (non-hydrogen) atoms. The lowest BCUT2D eigenvalue weighted by Crippen LogP contribution is -2.45. The van der Waals surface area contributed by atoms with Gasteiger partial charge >= 0.3 is 0 Å². The first kappa shape index (κ1) is 21.5. The summed E-state index contributed by atoms with van der Waals surface area (Å²) < 4.78 is 7.19. The van der Waals surface area contributed by atoms with Crippen LogP contribution in [0.2, 0.25) is 5.02 Å². The second-order valence-electron chi connectivity index (χ2n) is 6.38. The fraction of sp³-hybridized carbons (Fsp3) is 0.400. The Bertz CT molecular complexity index is 689. The smallest absolute Gasteiger partial charge is 0.124 e. The van der Waals surface area contributed by atoms with Gasteiger partial charge in [-0.3, -0.25) is 4.90 Å². The van der Waals surface area contributed by atoms with Crippen molar-refractivity contribution in [3.63, 3.8) is 0 Å². The molecular formula is C20H25BrCl2N2O. The zero-order valence-electron chi connectivity index (χ0n) is 15.0. The van der Waals surface area contributed by atoms with Crippen LogP contribution < -0.4 is 4.74 Å². The Labute approximate surface area is 175 Å². The minimum atomic E-state index is 0. The molecule has 0 saturated carbocycles. The maximum Gasteiger partial charge on any atom is 0.124 e. The van der Waals surface area contributed by atoms with Crippen molar-refractivity contribution in [1.29, 1.82) is 0 Å². The number of hydrogen-bond donors (Lipinski definition) is 0. The summed E-state index contributed by atoms with van der Waals surface area (Å²) in [5.41, 5.74) is 2.35. The summed E-state index contributed by atoms with van der Waals surface area (Å²) in [6.07, 6.45) is 0. The fourth-order valence-corrected chi connectivity index (χ4v) is 3.59. The molecule has 142 valence electrons. The van der Waals surface area contributed by atoms with Gasteiger partial charge in [-0.25, -0.2) is 0 Å². The number of halogens is 3. The van der Waals surface area contributed by atoms with E-state index < -0.39 is 0 Å². The minimum absolute atomic E-state index is 0. The lowest BCUT2D eigenvalue weighted by atomic mass is 10.1. The molecule has 0 amide bonds. The number of benzene rings is 2. The molecule has 1 aliphatic rings. The minimum Gasteiger partial charge on any atom is -0.489 e. The van der Waals surface area contributed by atoms with Gasteiger partial charge in [0.15, 0.2) is 0 Å². The summed E-state index contributed by atoms with van der Waals surface area (Å²) in [5.74, 6) is 0.955. The van der Waals surface area contributed by atoms with E-state index in [0.717, 1.165) is 60.1 Å². The molecule has 1 aliphatic heterocycles. The number of hydrogen-bond acceptors (Lipinski definition) is 3. The van der Waals surface area contributed by atoms with Crippen molar-refractivity contribution in [3.8, 4) is 5.75 Å². The van der Waals surface area contributed by atoms with Crippen molar-refractivity contribution in [2.45, 2.75) is 20.1 Å². The van der Waals surface area contributed by atoms with Crippen LogP contribution in [0.15, 0.2) is 46.9 Å². The first-order chi connectivity index (χ1) is 12.1. The zero-order chi connectivity index (χ0) is 17.6. The summed E-state index contributed by atoms with van der Waals surface area (Å²) in [6, 6.07) is 14.1. The van der Waals surface area contributed by atoms with Crippen LogP contribution in [0.1, 0.15) is 18.1 Å². The van der Waals surface area contributed by atoms with Crippen LogP contribution in [0.5, 0.6) is 5.75 Å². The lowest BCUT2D eigenvalue weighted by Gasteiger charge is -2.34. The highest BCUT2D eigenvalue weighted by Gasteiger charge is 2.17. The summed E-state index contributed by atoms with van der Waals surface area (Å²) in [4.78, 5) is 5.00. The number of piperazine rings is 1. The number of likely N-dealkylation sites (N-methyl/N-ethyl adjacent to an activating group) is 1. The molecule has 0 aliphatic carbocycles. The van der Waals surface area contributed by atoms with Crippen LogP contribution in [0.25, 0.3) is 0 Å². The monoisotopic (exact) mass is 458 g/mol. The fourth-order valence-electron chi connectivity index (χ4n) is 3.06. The molecular weight excluding hydrogens is 435 g/mol. The molecule has 0 bridgehead atoms. The van der Waals surface area contributed by atoms with Crippen molar-refractivity contribution < 1.29 is 4.74 Å². The van der Waals surface area contributed by atoms with E-state index in [1.54, 1.807) is 0 Å². The van der Waals surface area contributed by atoms with Gasteiger partial charge in [0.2, 0.25) is 0 Å². The Balaban J connectivity index is 0.00000243. The highest BCUT2D eigenvalue weighted by atomic mass is 79.9. The molecule has 2 aromatic carbocycles.